The van der Waals surface area contributed by atoms with Crippen LogP contribution in [-0.2, 0) is 6.42 Å². The summed E-state index contributed by atoms with van der Waals surface area (Å²) in [4.78, 5) is 5.41. The highest BCUT2D eigenvalue weighted by molar-refractivity contribution is 7.09. The van der Waals surface area contributed by atoms with Gasteiger partial charge in [0.25, 0.3) is 0 Å². The van der Waals surface area contributed by atoms with Crippen LogP contribution in [0.5, 0.6) is 5.75 Å². The molecule has 0 aliphatic heterocycles. The van der Waals surface area contributed by atoms with Crippen LogP contribution in [0.3, 0.4) is 0 Å². The Balaban J connectivity index is 2.01. The van der Waals surface area contributed by atoms with Crippen molar-refractivity contribution < 1.29 is 9.13 Å². The molecule has 0 aliphatic rings. The molecule has 1 atom stereocenters. The summed E-state index contributed by atoms with van der Waals surface area (Å²) in [5.74, 6) is 0.358. The number of aromatic nitrogens is 1. The molecule has 1 unspecified atom stereocenters. The third-order valence-corrected chi connectivity index (χ3v) is 3.89. The molecular formula is C14H17FN2OS. The number of rotatable bonds is 5. The highest BCUT2D eigenvalue weighted by Crippen LogP contribution is 2.25. The Hall–Kier alpha value is -1.46. The van der Waals surface area contributed by atoms with E-state index in [0.29, 0.717) is 17.9 Å². The van der Waals surface area contributed by atoms with Crippen LogP contribution in [0.4, 0.5) is 4.39 Å². The fourth-order valence-corrected chi connectivity index (χ4v) is 2.59. The standard InChI is InChI=1S/C14H17FN2OS/c1-9(16)12-7-11(15)3-4-13(12)18-6-5-14-10(2)17-8-19-14/h3-4,7-9H,5-6,16H2,1-2H3. The lowest BCUT2D eigenvalue weighted by Gasteiger charge is -2.14. The van der Waals surface area contributed by atoms with Gasteiger partial charge in [0.05, 0.1) is 17.8 Å². The van der Waals surface area contributed by atoms with Gasteiger partial charge in [0.1, 0.15) is 11.6 Å². The molecule has 2 aromatic rings. The largest absolute Gasteiger partial charge is 0.493 e. The highest BCUT2D eigenvalue weighted by atomic mass is 32.1. The van der Waals surface area contributed by atoms with Gasteiger partial charge >= 0.3 is 0 Å². The van der Waals surface area contributed by atoms with E-state index in [0.717, 1.165) is 12.1 Å². The van der Waals surface area contributed by atoms with Crippen molar-refractivity contribution in [1.82, 2.24) is 4.98 Å². The van der Waals surface area contributed by atoms with Gasteiger partial charge in [-0.1, -0.05) is 0 Å². The normalized spacial score (nSPS) is 12.4. The van der Waals surface area contributed by atoms with Crippen LogP contribution in [0, 0.1) is 12.7 Å². The Morgan fingerprint density at radius 3 is 2.89 bits per heavy atom. The number of thiazole rings is 1. The molecule has 0 amide bonds. The molecule has 0 bridgehead atoms. The molecule has 5 heteroatoms. The SMILES string of the molecule is Cc1ncsc1CCOc1ccc(F)cc1C(C)N. The summed E-state index contributed by atoms with van der Waals surface area (Å²) in [5, 5.41) is 0. The summed E-state index contributed by atoms with van der Waals surface area (Å²) in [5.41, 5.74) is 9.39. The van der Waals surface area contributed by atoms with E-state index in [1.807, 2.05) is 19.4 Å². The van der Waals surface area contributed by atoms with Gasteiger partial charge in [0.2, 0.25) is 0 Å². The Kier molecular flexibility index (Phi) is 4.50. The molecule has 0 fully saturated rings. The van der Waals surface area contributed by atoms with Gasteiger partial charge in [0.15, 0.2) is 0 Å². The van der Waals surface area contributed by atoms with E-state index in [1.54, 1.807) is 17.4 Å². The smallest absolute Gasteiger partial charge is 0.124 e. The third-order valence-electron chi connectivity index (χ3n) is 2.89. The zero-order valence-corrected chi connectivity index (χ0v) is 11.8. The Morgan fingerprint density at radius 1 is 1.47 bits per heavy atom. The zero-order valence-electron chi connectivity index (χ0n) is 11.0. The highest BCUT2D eigenvalue weighted by Gasteiger charge is 2.10. The molecule has 0 spiro atoms. The molecule has 1 aromatic heterocycles. The van der Waals surface area contributed by atoms with Gasteiger partial charge in [-0.2, -0.15) is 0 Å². The van der Waals surface area contributed by atoms with E-state index in [9.17, 15) is 4.39 Å². The van der Waals surface area contributed by atoms with Gasteiger partial charge in [0, 0.05) is 22.9 Å². The van der Waals surface area contributed by atoms with Crippen molar-refractivity contribution in [3.05, 3.63) is 45.7 Å². The predicted molar refractivity (Wildman–Crippen MR) is 75.1 cm³/mol. The van der Waals surface area contributed by atoms with E-state index in [-0.39, 0.29) is 11.9 Å². The minimum Gasteiger partial charge on any atom is -0.493 e. The zero-order chi connectivity index (χ0) is 13.8. The van der Waals surface area contributed by atoms with Crippen molar-refractivity contribution in [3.63, 3.8) is 0 Å². The molecule has 2 rings (SSSR count). The van der Waals surface area contributed by atoms with E-state index in [2.05, 4.69) is 4.98 Å². The summed E-state index contributed by atoms with van der Waals surface area (Å²) >= 11 is 1.62. The van der Waals surface area contributed by atoms with Crippen molar-refractivity contribution in [3.8, 4) is 5.75 Å². The number of nitrogens with zero attached hydrogens (tertiary/aromatic N) is 1. The van der Waals surface area contributed by atoms with Crippen molar-refractivity contribution in [2.75, 3.05) is 6.61 Å². The molecule has 19 heavy (non-hydrogen) atoms. The maximum atomic E-state index is 13.2. The number of halogens is 1. The van der Waals surface area contributed by atoms with Crippen molar-refractivity contribution in [1.29, 1.82) is 0 Å². The average Bonchev–Trinajstić information content (AvgIpc) is 2.77. The lowest BCUT2D eigenvalue weighted by atomic mass is 10.1. The van der Waals surface area contributed by atoms with Crippen molar-refractivity contribution in [2.45, 2.75) is 26.3 Å². The molecule has 0 saturated carbocycles. The fourth-order valence-electron chi connectivity index (χ4n) is 1.83. The van der Waals surface area contributed by atoms with Crippen molar-refractivity contribution in [2.24, 2.45) is 5.73 Å². The topological polar surface area (TPSA) is 48.1 Å². The Morgan fingerprint density at radius 2 is 2.26 bits per heavy atom. The summed E-state index contributed by atoms with van der Waals surface area (Å²) in [7, 11) is 0. The average molecular weight is 280 g/mol. The first-order valence-electron chi connectivity index (χ1n) is 6.14. The molecule has 102 valence electrons. The second-order valence-electron chi connectivity index (χ2n) is 4.43. The van der Waals surface area contributed by atoms with Gasteiger partial charge in [-0.3, -0.25) is 0 Å². The number of benzene rings is 1. The second-order valence-corrected chi connectivity index (χ2v) is 5.37. The molecule has 0 radical (unpaired) electrons. The van der Waals surface area contributed by atoms with Crippen LogP contribution < -0.4 is 10.5 Å². The van der Waals surface area contributed by atoms with Crippen LogP contribution in [0.2, 0.25) is 0 Å². The monoisotopic (exact) mass is 280 g/mol. The van der Waals surface area contributed by atoms with E-state index in [1.165, 1.54) is 17.0 Å². The van der Waals surface area contributed by atoms with Crippen LogP contribution in [0.1, 0.15) is 29.1 Å². The number of aryl methyl sites for hydroxylation is 1. The number of nitrogens with two attached hydrogens (primary N) is 1. The van der Waals surface area contributed by atoms with E-state index < -0.39 is 0 Å². The van der Waals surface area contributed by atoms with E-state index >= 15 is 0 Å². The van der Waals surface area contributed by atoms with Crippen molar-refractivity contribution >= 4 is 11.3 Å². The molecular weight excluding hydrogens is 263 g/mol. The summed E-state index contributed by atoms with van der Waals surface area (Å²) in [6.07, 6.45) is 0.798. The Labute approximate surface area is 116 Å². The number of hydrogen-bond acceptors (Lipinski definition) is 4. The van der Waals surface area contributed by atoms with Gasteiger partial charge in [-0.15, -0.1) is 11.3 Å². The van der Waals surface area contributed by atoms with E-state index in [4.69, 9.17) is 10.5 Å². The predicted octanol–water partition coefficient (Wildman–Crippen LogP) is 3.23. The van der Waals surface area contributed by atoms with Crippen LogP contribution in [0.25, 0.3) is 0 Å². The minimum atomic E-state index is -0.294. The third kappa shape index (κ3) is 3.52. The summed E-state index contributed by atoms with van der Waals surface area (Å²) in [6, 6.07) is 4.20. The Bertz CT molecular complexity index is 554. The van der Waals surface area contributed by atoms with Crippen LogP contribution in [0.15, 0.2) is 23.7 Å². The first kappa shape index (κ1) is 14.0. The molecule has 2 N–H and O–H groups in total. The quantitative estimate of drug-likeness (QED) is 0.914. The van der Waals surface area contributed by atoms with Gasteiger partial charge in [-0.05, 0) is 32.0 Å². The summed E-state index contributed by atoms with van der Waals surface area (Å²) in [6.45, 7) is 4.33. The van der Waals surface area contributed by atoms with Gasteiger partial charge < -0.3 is 10.5 Å². The fraction of sp³-hybridized carbons (Fsp3) is 0.357. The first-order valence-corrected chi connectivity index (χ1v) is 7.02. The molecule has 1 heterocycles. The maximum absolute atomic E-state index is 13.2. The number of ether oxygens (including phenoxy) is 1. The maximum Gasteiger partial charge on any atom is 0.124 e. The number of hydrogen-bond donors (Lipinski definition) is 1. The summed E-state index contributed by atoms with van der Waals surface area (Å²) < 4.78 is 18.9. The first-order chi connectivity index (χ1) is 9.08. The molecule has 3 nitrogen and oxygen atoms in total. The van der Waals surface area contributed by atoms with Crippen LogP contribution >= 0.6 is 11.3 Å². The lowest BCUT2D eigenvalue weighted by Crippen LogP contribution is -2.10. The molecule has 0 aliphatic carbocycles. The lowest BCUT2D eigenvalue weighted by molar-refractivity contribution is 0.317. The molecule has 1 aromatic carbocycles. The molecule has 0 saturated heterocycles. The second kappa shape index (κ2) is 6.12. The minimum absolute atomic E-state index is 0.254. The van der Waals surface area contributed by atoms with Gasteiger partial charge in [-0.25, -0.2) is 9.37 Å². The van der Waals surface area contributed by atoms with Crippen LogP contribution in [-0.4, -0.2) is 11.6 Å².